The minimum absolute atomic E-state index is 0.0543. The molecule has 0 radical (unpaired) electrons. The molecule has 1 rings (SSSR count). The molecule has 5 heteroatoms. The summed E-state index contributed by atoms with van der Waals surface area (Å²) in [4.78, 5) is 22.6. The van der Waals surface area contributed by atoms with Crippen LogP contribution in [0.5, 0.6) is 0 Å². The number of halogens is 1. The van der Waals surface area contributed by atoms with Crippen LogP contribution < -0.4 is 0 Å². The molecule has 0 aromatic heterocycles. The topological polar surface area (TPSA) is 52.6 Å². The van der Waals surface area contributed by atoms with Crippen molar-refractivity contribution in [3.8, 4) is 0 Å². The van der Waals surface area contributed by atoms with Crippen LogP contribution in [-0.2, 0) is 14.3 Å². The Morgan fingerprint density at radius 2 is 1.88 bits per heavy atom. The van der Waals surface area contributed by atoms with Gasteiger partial charge in [0.2, 0.25) is 0 Å². The predicted octanol–water partition coefficient (Wildman–Crippen LogP) is 2.56. The first-order valence-corrected chi connectivity index (χ1v) is 5.85. The van der Waals surface area contributed by atoms with Gasteiger partial charge in [-0.05, 0) is 31.2 Å². The van der Waals surface area contributed by atoms with E-state index in [0.29, 0.717) is 5.56 Å². The third kappa shape index (κ3) is 4.56. The molecule has 0 unspecified atom stereocenters. The van der Waals surface area contributed by atoms with Crippen molar-refractivity contribution in [1.82, 2.24) is 0 Å². The Hall–Kier alpha value is -1.36. The molecule has 0 aliphatic rings. The van der Waals surface area contributed by atoms with Crippen molar-refractivity contribution in [3.05, 3.63) is 34.3 Å². The smallest absolute Gasteiger partial charge is 0.338 e. The molecule has 0 amide bonds. The molecular formula is C12H13BrO4. The second-order valence-electron chi connectivity index (χ2n) is 3.50. The number of methoxy groups -OCH3 is 1. The number of carbonyl (C=O) groups is 2. The average Bonchev–Trinajstić information content (AvgIpc) is 2.29. The van der Waals surface area contributed by atoms with Crippen molar-refractivity contribution in [3.63, 3.8) is 0 Å². The van der Waals surface area contributed by atoms with Crippen LogP contribution in [-0.4, -0.2) is 25.2 Å². The lowest BCUT2D eigenvalue weighted by molar-refractivity contribution is -0.142. The Morgan fingerprint density at radius 3 is 2.41 bits per heavy atom. The zero-order valence-electron chi connectivity index (χ0n) is 9.60. The van der Waals surface area contributed by atoms with Crippen LogP contribution >= 0.6 is 15.9 Å². The van der Waals surface area contributed by atoms with E-state index in [4.69, 9.17) is 4.74 Å². The van der Waals surface area contributed by atoms with Gasteiger partial charge in [0.1, 0.15) is 6.10 Å². The van der Waals surface area contributed by atoms with Crippen LogP contribution in [0.15, 0.2) is 28.7 Å². The van der Waals surface area contributed by atoms with E-state index in [1.165, 1.54) is 7.11 Å². The number of benzene rings is 1. The first-order valence-electron chi connectivity index (χ1n) is 5.06. The van der Waals surface area contributed by atoms with Gasteiger partial charge in [-0.3, -0.25) is 4.79 Å². The van der Waals surface area contributed by atoms with Crippen LogP contribution in [0.3, 0.4) is 0 Å². The lowest BCUT2D eigenvalue weighted by Crippen LogP contribution is -2.19. The van der Waals surface area contributed by atoms with Crippen molar-refractivity contribution in [2.45, 2.75) is 19.4 Å². The fraction of sp³-hybridized carbons (Fsp3) is 0.333. The van der Waals surface area contributed by atoms with Gasteiger partial charge in [0.15, 0.2) is 0 Å². The highest BCUT2D eigenvalue weighted by molar-refractivity contribution is 9.10. The summed E-state index contributed by atoms with van der Waals surface area (Å²) in [5, 5.41) is 0. The number of esters is 2. The second kappa shape index (κ2) is 6.39. The van der Waals surface area contributed by atoms with Gasteiger partial charge in [-0.25, -0.2) is 4.79 Å². The van der Waals surface area contributed by atoms with E-state index < -0.39 is 18.0 Å². The summed E-state index contributed by atoms with van der Waals surface area (Å²) in [6, 6.07) is 6.80. The molecule has 4 nitrogen and oxygen atoms in total. The minimum atomic E-state index is -0.501. The summed E-state index contributed by atoms with van der Waals surface area (Å²) in [6.45, 7) is 1.65. The summed E-state index contributed by atoms with van der Waals surface area (Å²) in [6.07, 6.45) is -0.447. The van der Waals surface area contributed by atoms with Crippen LogP contribution in [0, 0.1) is 0 Å². The minimum Gasteiger partial charge on any atom is -0.469 e. The number of ether oxygens (including phenoxy) is 2. The largest absolute Gasteiger partial charge is 0.469 e. The molecule has 0 aliphatic heterocycles. The molecule has 0 fully saturated rings. The average molecular weight is 301 g/mol. The van der Waals surface area contributed by atoms with E-state index in [2.05, 4.69) is 20.7 Å². The maximum atomic E-state index is 11.6. The highest BCUT2D eigenvalue weighted by Crippen LogP contribution is 2.12. The normalized spacial score (nSPS) is 11.7. The molecule has 0 bridgehead atoms. The van der Waals surface area contributed by atoms with Crippen LogP contribution in [0.4, 0.5) is 0 Å². The van der Waals surface area contributed by atoms with Crippen molar-refractivity contribution in [2.75, 3.05) is 7.11 Å². The number of rotatable bonds is 4. The Kier molecular flexibility index (Phi) is 5.15. The monoisotopic (exact) mass is 300 g/mol. The lowest BCUT2D eigenvalue weighted by Gasteiger charge is -2.11. The molecule has 0 saturated heterocycles. The molecule has 0 aliphatic carbocycles. The van der Waals surface area contributed by atoms with Gasteiger partial charge in [0, 0.05) is 4.47 Å². The molecule has 92 valence electrons. The van der Waals surface area contributed by atoms with Crippen molar-refractivity contribution >= 4 is 27.9 Å². The highest BCUT2D eigenvalue weighted by Gasteiger charge is 2.15. The van der Waals surface area contributed by atoms with E-state index in [-0.39, 0.29) is 6.42 Å². The Morgan fingerprint density at radius 1 is 1.29 bits per heavy atom. The maximum absolute atomic E-state index is 11.6. The van der Waals surface area contributed by atoms with Crippen molar-refractivity contribution < 1.29 is 19.1 Å². The van der Waals surface area contributed by atoms with Crippen LogP contribution in [0.25, 0.3) is 0 Å². The molecule has 0 spiro atoms. The van der Waals surface area contributed by atoms with Gasteiger partial charge in [-0.1, -0.05) is 15.9 Å². The van der Waals surface area contributed by atoms with Gasteiger partial charge in [-0.15, -0.1) is 0 Å². The Bertz CT molecular complexity index is 399. The zero-order valence-corrected chi connectivity index (χ0v) is 11.2. The molecule has 17 heavy (non-hydrogen) atoms. The number of hydrogen-bond donors (Lipinski definition) is 0. The summed E-state index contributed by atoms with van der Waals surface area (Å²) in [7, 11) is 1.30. The van der Waals surface area contributed by atoms with Crippen LogP contribution in [0.1, 0.15) is 23.7 Å². The second-order valence-corrected chi connectivity index (χ2v) is 4.42. The van der Waals surface area contributed by atoms with Crippen LogP contribution in [0.2, 0.25) is 0 Å². The maximum Gasteiger partial charge on any atom is 0.338 e. The Labute approximate surface area is 108 Å². The number of hydrogen-bond acceptors (Lipinski definition) is 4. The SMILES string of the molecule is COC(=O)C[C@@H](C)OC(=O)c1ccc(Br)cc1. The molecule has 1 atom stereocenters. The van der Waals surface area contributed by atoms with Crippen molar-refractivity contribution in [2.24, 2.45) is 0 Å². The first kappa shape index (κ1) is 13.7. The summed E-state index contributed by atoms with van der Waals surface area (Å²) in [5.74, 6) is -0.852. The first-order chi connectivity index (χ1) is 8.02. The van der Waals surface area contributed by atoms with Gasteiger partial charge < -0.3 is 9.47 Å². The standard InChI is InChI=1S/C12H13BrO4/c1-8(7-11(14)16-2)17-12(15)9-3-5-10(13)6-4-9/h3-6,8H,7H2,1-2H3/t8-/m1/s1. The van der Waals surface area contributed by atoms with E-state index in [1.807, 2.05) is 0 Å². The quantitative estimate of drug-likeness (QED) is 0.802. The zero-order chi connectivity index (χ0) is 12.8. The van der Waals surface area contributed by atoms with E-state index >= 15 is 0 Å². The van der Waals surface area contributed by atoms with Gasteiger partial charge >= 0.3 is 11.9 Å². The fourth-order valence-electron chi connectivity index (χ4n) is 1.20. The summed E-state index contributed by atoms with van der Waals surface area (Å²) in [5.41, 5.74) is 0.449. The van der Waals surface area contributed by atoms with Gasteiger partial charge in [0.05, 0.1) is 19.1 Å². The van der Waals surface area contributed by atoms with E-state index in [1.54, 1.807) is 31.2 Å². The lowest BCUT2D eigenvalue weighted by atomic mass is 10.2. The fourth-order valence-corrected chi connectivity index (χ4v) is 1.46. The Balaban J connectivity index is 2.54. The number of carbonyl (C=O) groups excluding carboxylic acids is 2. The van der Waals surface area contributed by atoms with E-state index in [0.717, 1.165) is 4.47 Å². The predicted molar refractivity (Wildman–Crippen MR) is 65.7 cm³/mol. The van der Waals surface area contributed by atoms with Gasteiger partial charge in [-0.2, -0.15) is 0 Å². The molecule has 0 saturated carbocycles. The third-order valence-corrected chi connectivity index (χ3v) is 2.60. The highest BCUT2D eigenvalue weighted by atomic mass is 79.9. The molecular weight excluding hydrogens is 288 g/mol. The summed E-state index contributed by atoms with van der Waals surface area (Å²) >= 11 is 3.27. The van der Waals surface area contributed by atoms with Gasteiger partial charge in [0.25, 0.3) is 0 Å². The molecule has 1 aromatic rings. The molecule has 0 N–H and O–H groups in total. The molecule has 0 heterocycles. The van der Waals surface area contributed by atoms with Crippen molar-refractivity contribution in [1.29, 1.82) is 0 Å². The third-order valence-electron chi connectivity index (χ3n) is 2.07. The van der Waals surface area contributed by atoms with E-state index in [9.17, 15) is 9.59 Å². The summed E-state index contributed by atoms with van der Waals surface area (Å²) < 4.78 is 10.5. The molecule has 1 aromatic carbocycles.